The van der Waals surface area contributed by atoms with Crippen molar-refractivity contribution in [3.8, 4) is 5.75 Å². The average Bonchev–Trinajstić information content (AvgIpc) is 2.80. The van der Waals surface area contributed by atoms with Crippen LogP contribution in [0.15, 0.2) is 47.4 Å². The minimum atomic E-state index is -4.01. The molecule has 0 radical (unpaired) electrons. The zero-order valence-electron chi connectivity index (χ0n) is 18.9. The van der Waals surface area contributed by atoms with Gasteiger partial charge in [0.25, 0.3) is 10.0 Å². The summed E-state index contributed by atoms with van der Waals surface area (Å²) in [6.07, 6.45) is 5.40. The van der Waals surface area contributed by atoms with E-state index >= 15 is 0 Å². The van der Waals surface area contributed by atoms with E-state index in [4.69, 9.17) is 4.74 Å². The van der Waals surface area contributed by atoms with Crippen LogP contribution in [0.1, 0.15) is 38.5 Å². The molecule has 2 aromatic carbocycles. The first-order valence-electron chi connectivity index (χ1n) is 11.1. The van der Waals surface area contributed by atoms with Gasteiger partial charge in [-0.3, -0.25) is 9.52 Å². The second kappa shape index (κ2) is 11.7. The van der Waals surface area contributed by atoms with Crippen molar-refractivity contribution in [2.45, 2.75) is 49.5 Å². The van der Waals surface area contributed by atoms with E-state index in [1.165, 1.54) is 25.7 Å². The summed E-state index contributed by atoms with van der Waals surface area (Å²) < 4.78 is 46.0. The Morgan fingerprint density at radius 2 is 1.76 bits per heavy atom. The van der Waals surface area contributed by atoms with Crippen molar-refractivity contribution >= 4 is 33.3 Å². The number of urea groups is 1. The molecule has 4 N–H and O–H groups in total. The van der Waals surface area contributed by atoms with Crippen molar-refractivity contribution in [1.29, 1.82) is 0 Å². The Bertz CT molecular complexity index is 1100. The molecule has 34 heavy (non-hydrogen) atoms. The van der Waals surface area contributed by atoms with Gasteiger partial charge >= 0.3 is 6.03 Å². The van der Waals surface area contributed by atoms with Crippen LogP contribution in [0.3, 0.4) is 0 Å². The molecule has 3 rings (SSSR count). The highest BCUT2D eigenvalue weighted by atomic mass is 32.2. The second-order valence-electron chi connectivity index (χ2n) is 8.01. The van der Waals surface area contributed by atoms with Gasteiger partial charge in [0, 0.05) is 24.7 Å². The normalized spacial score (nSPS) is 14.2. The lowest BCUT2D eigenvalue weighted by atomic mass is 9.96. The molecule has 1 aliphatic carbocycles. The van der Waals surface area contributed by atoms with E-state index in [2.05, 4.69) is 20.7 Å². The highest BCUT2D eigenvalue weighted by molar-refractivity contribution is 7.92. The third-order valence-electron chi connectivity index (χ3n) is 5.43. The highest BCUT2D eigenvalue weighted by Gasteiger charge is 2.18. The minimum Gasteiger partial charge on any atom is -0.495 e. The van der Waals surface area contributed by atoms with Crippen molar-refractivity contribution in [1.82, 2.24) is 10.6 Å². The van der Waals surface area contributed by atoms with Gasteiger partial charge in [-0.1, -0.05) is 19.3 Å². The number of amides is 3. The lowest BCUT2D eigenvalue weighted by molar-refractivity contribution is -0.116. The summed E-state index contributed by atoms with van der Waals surface area (Å²) in [5, 5.41) is 8.27. The van der Waals surface area contributed by atoms with Gasteiger partial charge in [0.2, 0.25) is 5.91 Å². The van der Waals surface area contributed by atoms with E-state index < -0.39 is 15.8 Å². The number of anilines is 2. The lowest BCUT2D eigenvalue weighted by Crippen LogP contribution is -2.43. The van der Waals surface area contributed by atoms with Crippen LogP contribution in [0.4, 0.5) is 20.6 Å². The number of carbonyl (C=O) groups excluding carboxylic acids is 2. The maximum absolute atomic E-state index is 13.1. The smallest absolute Gasteiger partial charge is 0.315 e. The van der Waals surface area contributed by atoms with Gasteiger partial charge in [0.15, 0.2) is 0 Å². The molecule has 0 heterocycles. The van der Waals surface area contributed by atoms with Gasteiger partial charge in [-0.25, -0.2) is 17.6 Å². The number of ether oxygens (including phenoxy) is 1. The Hall–Kier alpha value is -3.34. The van der Waals surface area contributed by atoms with Gasteiger partial charge < -0.3 is 20.7 Å². The molecule has 0 unspecified atom stereocenters. The number of benzene rings is 2. The standard InChI is InChI=1S/C23H29FN4O5S/c1-33-21-12-9-18(15-20(21)28-34(31,32)19-10-7-16(24)8-11-19)26-22(29)13-14-25-23(30)27-17-5-3-2-4-6-17/h7-12,15,17,28H,2-6,13-14H2,1H3,(H,26,29)(H2,25,27,30). The lowest BCUT2D eigenvalue weighted by Gasteiger charge is -2.22. The molecule has 2 aromatic rings. The molecule has 0 spiro atoms. The Morgan fingerprint density at radius 1 is 1.06 bits per heavy atom. The topological polar surface area (TPSA) is 126 Å². The maximum Gasteiger partial charge on any atom is 0.315 e. The van der Waals surface area contributed by atoms with E-state index in [0.717, 1.165) is 49.9 Å². The summed E-state index contributed by atoms with van der Waals surface area (Å²) in [7, 11) is -2.63. The Labute approximate surface area is 198 Å². The van der Waals surface area contributed by atoms with Crippen LogP contribution >= 0.6 is 0 Å². The van der Waals surface area contributed by atoms with Crippen LogP contribution in [0.5, 0.6) is 5.75 Å². The molecule has 1 saturated carbocycles. The number of carbonyl (C=O) groups is 2. The fourth-order valence-corrected chi connectivity index (χ4v) is 4.74. The van der Waals surface area contributed by atoms with Gasteiger partial charge in [-0.2, -0.15) is 0 Å². The average molecular weight is 493 g/mol. The molecular formula is C23H29FN4O5S. The van der Waals surface area contributed by atoms with Crippen LogP contribution in [-0.4, -0.2) is 40.1 Å². The van der Waals surface area contributed by atoms with Crippen LogP contribution in [0.2, 0.25) is 0 Å². The number of hydrogen-bond acceptors (Lipinski definition) is 5. The van der Waals surface area contributed by atoms with Gasteiger partial charge in [0.05, 0.1) is 17.7 Å². The maximum atomic E-state index is 13.1. The summed E-state index contributed by atoms with van der Waals surface area (Å²) in [6.45, 7) is 0.157. The minimum absolute atomic E-state index is 0.0424. The first-order valence-corrected chi connectivity index (χ1v) is 12.6. The number of methoxy groups -OCH3 is 1. The highest BCUT2D eigenvalue weighted by Crippen LogP contribution is 2.30. The SMILES string of the molecule is COc1ccc(NC(=O)CCNC(=O)NC2CCCCC2)cc1NS(=O)(=O)c1ccc(F)cc1. The molecule has 0 atom stereocenters. The fraction of sp³-hybridized carbons (Fsp3) is 0.391. The van der Waals surface area contributed by atoms with Crippen LogP contribution in [-0.2, 0) is 14.8 Å². The summed E-state index contributed by atoms with van der Waals surface area (Å²) >= 11 is 0. The molecule has 0 aromatic heterocycles. The van der Waals surface area contributed by atoms with Crippen molar-refractivity contribution in [2.75, 3.05) is 23.7 Å². The molecule has 11 heteroatoms. The van der Waals surface area contributed by atoms with Crippen LogP contribution in [0, 0.1) is 5.82 Å². The van der Waals surface area contributed by atoms with E-state index in [0.29, 0.717) is 5.69 Å². The van der Waals surface area contributed by atoms with Crippen molar-refractivity contribution in [3.63, 3.8) is 0 Å². The Balaban J connectivity index is 1.55. The van der Waals surface area contributed by atoms with E-state index in [9.17, 15) is 22.4 Å². The number of sulfonamides is 1. The van der Waals surface area contributed by atoms with E-state index in [-0.39, 0.29) is 47.3 Å². The Morgan fingerprint density at radius 3 is 2.44 bits per heavy atom. The molecule has 9 nitrogen and oxygen atoms in total. The first-order chi connectivity index (χ1) is 16.3. The monoisotopic (exact) mass is 492 g/mol. The number of rotatable bonds is 9. The molecule has 3 amide bonds. The Kier molecular flexibility index (Phi) is 8.69. The van der Waals surface area contributed by atoms with E-state index in [1.807, 2.05) is 0 Å². The predicted molar refractivity (Wildman–Crippen MR) is 127 cm³/mol. The van der Waals surface area contributed by atoms with E-state index in [1.54, 1.807) is 6.07 Å². The molecule has 0 saturated heterocycles. The van der Waals surface area contributed by atoms with Crippen molar-refractivity contribution in [2.24, 2.45) is 0 Å². The molecular weight excluding hydrogens is 463 g/mol. The zero-order chi connectivity index (χ0) is 24.6. The summed E-state index contributed by atoms with van der Waals surface area (Å²) in [6, 6.07) is 8.77. The van der Waals surface area contributed by atoms with Gasteiger partial charge in [-0.15, -0.1) is 0 Å². The predicted octanol–water partition coefficient (Wildman–Crippen LogP) is 3.60. The van der Waals surface area contributed by atoms with Gasteiger partial charge in [0.1, 0.15) is 11.6 Å². The quantitative estimate of drug-likeness (QED) is 0.426. The molecule has 0 aliphatic heterocycles. The molecule has 1 aliphatic rings. The van der Waals surface area contributed by atoms with Crippen LogP contribution in [0.25, 0.3) is 0 Å². The zero-order valence-corrected chi connectivity index (χ0v) is 19.7. The summed E-state index contributed by atoms with van der Waals surface area (Å²) in [5.74, 6) is -0.664. The summed E-state index contributed by atoms with van der Waals surface area (Å²) in [5.41, 5.74) is 0.448. The number of hydrogen-bond donors (Lipinski definition) is 4. The summed E-state index contributed by atoms with van der Waals surface area (Å²) in [4.78, 5) is 24.2. The molecule has 0 bridgehead atoms. The largest absolute Gasteiger partial charge is 0.495 e. The van der Waals surface area contributed by atoms with Crippen molar-refractivity contribution < 1.29 is 27.1 Å². The fourth-order valence-electron chi connectivity index (χ4n) is 3.68. The second-order valence-corrected chi connectivity index (χ2v) is 9.69. The molecule has 1 fully saturated rings. The van der Waals surface area contributed by atoms with Crippen molar-refractivity contribution in [3.05, 3.63) is 48.3 Å². The number of nitrogens with one attached hydrogen (secondary N) is 4. The third kappa shape index (κ3) is 7.34. The first kappa shape index (κ1) is 25.3. The van der Waals surface area contributed by atoms with Gasteiger partial charge in [-0.05, 0) is 55.3 Å². The number of halogens is 1. The third-order valence-corrected chi connectivity index (χ3v) is 6.81. The van der Waals surface area contributed by atoms with Crippen LogP contribution < -0.4 is 25.4 Å². The molecule has 184 valence electrons.